The van der Waals surface area contributed by atoms with Gasteiger partial charge in [0.25, 0.3) is 0 Å². The van der Waals surface area contributed by atoms with Crippen LogP contribution in [0.1, 0.15) is 17.5 Å². The molecule has 1 heterocycles. The van der Waals surface area contributed by atoms with Crippen molar-refractivity contribution in [1.82, 2.24) is 5.32 Å². The number of hydrogen-bond donors (Lipinski definition) is 1. The Balaban J connectivity index is 1.41. The smallest absolute Gasteiger partial charge is 0.220 e. The molecule has 1 aliphatic heterocycles. The van der Waals surface area contributed by atoms with Crippen LogP contribution < -0.4 is 14.8 Å². The van der Waals surface area contributed by atoms with E-state index in [1.54, 1.807) is 12.1 Å². The van der Waals surface area contributed by atoms with Crippen molar-refractivity contribution in [1.29, 1.82) is 0 Å². The molecule has 3 rings (SSSR count). The molecule has 0 atom stereocenters. The van der Waals surface area contributed by atoms with Crippen LogP contribution >= 0.6 is 0 Å². The summed E-state index contributed by atoms with van der Waals surface area (Å²) in [6, 6.07) is 12.1. The maximum Gasteiger partial charge on any atom is 0.220 e. The first kappa shape index (κ1) is 16.3. The minimum absolute atomic E-state index is 0.00648. The van der Waals surface area contributed by atoms with Crippen LogP contribution in [0, 0.1) is 5.82 Å². The molecule has 2 aromatic rings. The number of fused-ring (bicyclic) bond motifs is 1. The minimum Gasteiger partial charge on any atom is -0.486 e. The molecule has 0 radical (unpaired) electrons. The molecule has 0 saturated carbocycles. The summed E-state index contributed by atoms with van der Waals surface area (Å²) in [5.41, 5.74) is 2.05. The highest BCUT2D eigenvalue weighted by Gasteiger charge is 2.12. The van der Waals surface area contributed by atoms with Gasteiger partial charge in [-0.05, 0) is 48.2 Å². The molecule has 2 aromatic carbocycles. The van der Waals surface area contributed by atoms with Gasteiger partial charge >= 0.3 is 0 Å². The summed E-state index contributed by atoms with van der Waals surface area (Å²) < 4.78 is 23.8. The van der Waals surface area contributed by atoms with Gasteiger partial charge in [-0.15, -0.1) is 0 Å². The molecular formula is C19H20FNO3. The molecule has 0 saturated heterocycles. The third kappa shape index (κ3) is 4.47. The van der Waals surface area contributed by atoms with Crippen LogP contribution in [0.5, 0.6) is 11.5 Å². The van der Waals surface area contributed by atoms with Gasteiger partial charge in [0.15, 0.2) is 11.5 Å². The molecule has 1 N–H and O–H groups in total. The molecule has 0 aliphatic carbocycles. The number of carbonyl (C=O) groups is 1. The second-order valence-corrected chi connectivity index (χ2v) is 5.70. The lowest BCUT2D eigenvalue weighted by atomic mass is 10.1. The molecule has 1 amide bonds. The molecule has 0 aromatic heterocycles. The number of benzene rings is 2. The summed E-state index contributed by atoms with van der Waals surface area (Å²) in [7, 11) is 0. The predicted molar refractivity (Wildman–Crippen MR) is 88.9 cm³/mol. The van der Waals surface area contributed by atoms with Crippen molar-refractivity contribution in [3.05, 3.63) is 59.4 Å². The zero-order chi connectivity index (χ0) is 16.8. The average molecular weight is 329 g/mol. The molecule has 0 spiro atoms. The number of ether oxygens (including phenoxy) is 2. The first-order valence-corrected chi connectivity index (χ1v) is 8.10. The van der Waals surface area contributed by atoms with Gasteiger partial charge in [-0.3, -0.25) is 4.79 Å². The summed E-state index contributed by atoms with van der Waals surface area (Å²) in [5.74, 6) is 1.26. The summed E-state index contributed by atoms with van der Waals surface area (Å²) >= 11 is 0. The van der Waals surface area contributed by atoms with E-state index >= 15 is 0 Å². The fraction of sp³-hybridized carbons (Fsp3) is 0.316. The lowest BCUT2D eigenvalue weighted by molar-refractivity contribution is -0.121. The monoisotopic (exact) mass is 329 g/mol. The van der Waals surface area contributed by atoms with Crippen LogP contribution in [0.3, 0.4) is 0 Å². The van der Waals surface area contributed by atoms with Crippen LogP contribution in [0.15, 0.2) is 42.5 Å². The van der Waals surface area contributed by atoms with E-state index in [0.717, 1.165) is 22.6 Å². The van der Waals surface area contributed by atoms with Crippen LogP contribution in [0.4, 0.5) is 4.39 Å². The van der Waals surface area contributed by atoms with E-state index in [0.29, 0.717) is 39.0 Å². The maximum absolute atomic E-state index is 12.8. The Kier molecular flexibility index (Phi) is 5.31. The number of nitrogens with one attached hydrogen (secondary N) is 1. The zero-order valence-corrected chi connectivity index (χ0v) is 13.4. The normalized spacial score (nSPS) is 12.7. The van der Waals surface area contributed by atoms with E-state index in [4.69, 9.17) is 9.47 Å². The number of halogens is 1. The van der Waals surface area contributed by atoms with Gasteiger partial charge in [0.2, 0.25) is 5.91 Å². The van der Waals surface area contributed by atoms with Crippen molar-refractivity contribution >= 4 is 5.91 Å². The quantitative estimate of drug-likeness (QED) is 0.886. The Morgan fingerprint density at radius 3 is 2.46 bits per heavy atom. The molecular weight excluding hydrogens is 309 g/mol. The third-order valence-corrected chi connectivity index (χ3v) is 3.90. The van der Waals surface area contributed by atoms with E-state index in [9.17, 15) is 9.18 Å². The lowest BCUT2D eigenvalue weighted by Crippen LogP contribution is -2.25. The second-order valence-electron chi connectivity index (χ2n) is 5.70. The number of hydrogen-bond acceptors (Lipinski definition) is 3. The topological polar surface area (TPSA) is 47.6 Å². The summed E-state index contributed by atoms with van der Waals surface area (Å²) in [6.45, 7) is 1.68. The van der Waals surface area contributed by atoms with Crippen molar-refractivity contribution < 1.29 is 18.7 Å². The number of carbonyl (C=O) groups excluding carboxylic acids is 1. The van der Waals surface area contributed by atoms with Crippen molar-refractivity contribution in [2.75, 3.05) is 19.8 Å². The third-order valence-electron chi connectivity index (χ3n) is 3.90. The Bertz CT molecular complexity index is 700. The van der Waals surface area contributed by atoms with Gasteiger partial charge in [-0.2, -0.15) is 0 Å². The number of aryl methyl sites for hydroxylation is 1. The first-order chi connectivity index (χ1) is 11.7. The zero-order valence-electron chi connectivity index (χ0n) is 13.4. The average Bonchev–Trinajstić information content (AvgIpc) is 2.61. The van der Waals surface area contributed by atoms with E-state index in [1.807, 2.05) is 18.2 Å². The van der Waals surface area contributed by atoms with Gasteiger partial charge in [0.1, 0.15) is 19.0 Å². The summed E-state index contributed by atoms with van der Waals surface area (Å²) in [4.78, 5) is 11.9. The van der Waals surface area contributed by atoms with E-state index in [1.165, 1.54) is 12.1 Å². The SMILES string of the molecule is O=C(CCc1ccc2c(c1)OCCO2)NCCc1ccc(F)cc1. The van der Waals surface area contributed by atoms with Crippen LogP contribution in [0.2, 0.25) is 0 Å². The lowest BCUT2D eigenvalue weighted by Gasteiger charge is -2.18. The molecule has 126 valence electrons. The van der Waals surface area contributed by atoms with E-state index in [-0.39, 0.29) is 11.7 Å². The Hall–Kier alpha value is -2.56. The van der Waals surface area contributed by atoms with Crippen molar-refractivity contribution in [2.45, 2.75) is 19.3 Å². The highest BCUT2D eigenvalue weighted by atomic mass is 19.1. The number of amides is 1. The van der Waals surface area contributed by atoms with Crippen LogP contribution in [-0.2, 0) is 17.6 Å². The summed E-state index contributed by atoms with van der Waals surface area (Å²) in [5, 5.41) is 2.89. The largest absolute Gasteiger partial charge is 0.486 e. The van der Waals surface area contributed by atoms with Gasteiger partial charge < -0.3 is 14.8 Å². The van der Waals surface area contributed by atoms with Crippen LogP contribution in [0.25, 0.3) is 0 Å². The highest BCUT2D eigenvalue weighted by molar-refractivity contribution is 5.76. The van der Waals surface area contributed by atoms with E-state index in [2.05, 4.69) is 5.32 Å². The first-order valence-electron chi connectivity index (χ1n) is 8.10. The van der Waals surface area contributed by atoms with Gasteiger partial charge in [-0.1, -0.05) is 18.2 Å². The Morgan fingerprint density at radius 1 is 0.958 bits per heavy atom. The standard InChI is InChI=1S/C19H20FNO3/c20-16-5-1-14(2-6-16)9-10-21-19(22)8-4-15-3-7-17-18(13-15)24-12-11-23-17/h1-3,5-7,13H,4,8-12H2,(H,21,22). The molecule has 5 heteroatoms. The fourth-order valence-electron chi connectivity index (χ4n) is 2.59. The molecule has 1 aliphatic rings. The summed E-state index contributed by atoms with van der Waals surface area (Å²) in [6.07, 6.45) is 1.76. The van der Waals surface area contributed by atoms with Crippen molar-refractivity contribution in [2.24, 2.45) is 0 Å². The second kappa shape index (κ2) is 7.81. The van der Waals surface area contributed by atoms with Gasteiger partial charge in [0.05, 0.1) is 0 Å². The molecule has 0 unspecified atom stereocenters. The number of rotatable bonds is 6. The Morgan fingerprint density at radius 2 is 1.67 bits per heavy atom. The molecule has 0 bridgehead atoms. The van der Waals surface area contributed by atoms with Gasteiger partial charge in [-0.25, -0.2) is 4.39 Å². The molecule has 4 nitrogen and oxygen atoms in total. The van der Waals surface area contributed by atoms with Gasteiger partial charge in [0, 0.05) is 13.0 Å². The Labute approximate surface area is 140 Å². The van der Waals surface area contributed by atoms with Crippen LogP contribution in [-0.4, -0.2) is 25.7 Å². The molecule has 24 heavy (non-hydrogen) atoms. The maximum atomic E-state index is 12.8. The predicted octanol–water partition coefficient (Wildman–Crippen LogP) is 2.89. The van der Waals surface area contributed by atoms with Crippen molar-refractivity contribution in [3.63, 3.8) is 0 Å². The minimum atomic E-state index is -0.248. The van der Waals surface area contributed by atoms with E-state index < -0.39 is 0 Å². The highest BCUT2D eigenvalue weighted by Crippen LogP contribution is 2.31. The van der Waals surface area contributed by atoms with Crippen molar-refractivity contribution in [3.8, 4) is 11.5 Å². The molecule has 0 fully saturated rings. The fourth-order valence-corrected chi connectivity index (χ4v) is 2.59.